The fraction of sp³-hybridized carbons (Fsp3) is 0.647. The Labute approximate surface area is 127 Å². The zero-order valence-corrected chi connectivity index (χ0v) is 12.9. The molecule has 0 radical (unpaired) electrons. The Morgan fingerprint density at radius 1 is 1.38 bits per heavy atom. The number of pyridine rings is 1. The molecular formula is C17H24N4. The first kappa shape index (κ1) is 14.3. The zero-order valence-electron chi connectivity index (χ0n) is 12.9. The summed E-state index contributed by atoms with van der Waals surface area (Å²) in [6.07, 6.45) is 6.98. The highest BCUT2D eigenvalue weighted by Crippen LogP contribution is 2.28. The minimum Gasteiger partial charge on any atom is -0.352 e. The molecule has 2 heterocycles. The number of aromatic nitrogens is 1. The van der Waals surface area contributed by atoms with Crippen LogP contribution in [0.25, 0.3) is 0 Å². The van der Waals surface area contributed by atoms with Crippen molar-refractivity contribution in [1.82, 2.24) is 10.3 Å². The summed E-state index contributed by atoms with van der Waals surface area (Å²) in [6, 6.07) is 4.93. The number of anilines is 1. The number of piperidine rings is 1. The van der Waals surface area contributed by atoms with Gasteiger partial charge in [0.25, 0.3) is 0 Å². The summed E-state index contributed by atoms with van der Waals surface area (Å²) in [5.41, 5.74) is 3.26. The third-order valence-electron chi connectivity index (χ3n) is 4.73. The van der Waals surface area contributed by atoms with Crippen LogP contribution in [-0.4, -0.2) is 30.7 Å². The van der Waals surface area contributed by atoms with Crippen LogP contribution in [0.1, 0.15) is 49.4 Å². The lowest BCUT2D eigenvalue weighted by Crippen LogP contribution is -2.46. The molecule has 2 aliphatic rings. The van der Waals surface area contributed by atoms with Crippen LogP contribution in [0, 0.1) is 11.3 Å². The number of nitriles is 1. The number of aryl methyl sites for hydroxylation is 2. The normalized spacial score (nSPS) is 21.4. The molecule has 1 unspecified atom stereocenters. The van der Waals surface area contributed by atoms with E-state index in [9.17, 15) is 5.26 Å². The van der Waals surface area contributed by atoms with Crippen molar-refractivity contribution >= 4 is 5.82 Å². The van der Waals surface area contributed by atoms with Gasteiger partial charge in [0.15, 0.2) is 0 Å². The third kappa shape index (κ3) is 2.89. The molecule has 0 amide bonds. The molecule has 0 bridgehead atoms. The molecule has 1 N–H and O–H groups in total. The van der Waals surface area contributed by atoms with Crippen molar-refractivity contribution in [3.63, 3.8) is 0 Å². The summed E-state index contributed by atoms with van der Waals surface area (Å²) < 4.78 is 0. The fourth-order valence-electron chi connectivity index (χ4n) is 3.60. The van der Waals surface area contributed by atoms with Gasteiger partial charge in [0.1, 0.15) is 11.9 Å². The number of likely N-dealkylation sites (N-methyl/N-ethyl adjacent to an activating group) is 1. The highest BCUT2D eigenvalue weighted by Gasteiger charge is 2.25. The van der Waals surface area contributed by atoms with Gasteiger partial charge in [-0.1, -0.05) is 0 Å². The monoisotopic (exact) mass is 284 g/mol. The van der Waals surface area contributed by atoms with E-state index in [0.717, 1.165) is 43.9 Å². The number of nitrogens with one attached hydrogen (secondary N) is 1. The standard InChI is InChI=1S/C17H24N4/c1-2-21(15-7-5-9-19-12-15)17-14(11-18)10-13-6-3-4-8-16(13)20-17/h10,15,19H,2-9,12H2,1H3. The van der Waals surface area contributed by atoms with Crippen LogP contribution in [0.2, 0.25) is 0 Å². The predicted molar refractivity (Wildman–Crippen MR) is 84.5 cm³/mol. The molecule has 112 valence electrons. The molecule has 1 saturated heterocycles. The fourth-order valence-corrected chi connectivity index (χ4v) is 3.60. The topological polar surface area (TPSA) is 52.0 Å². The molecule has 1 aliphatic carbocycles. The number of hydrogen-bond donors (Lipinski definition) is 1. The van der Waals surface area contributed by atoms with Crippen molar-refractivity contribution in [3.05, 3.63) is 22.9 Å². The molecule has 1 aliphatic heterocycles. The molecule has 21 heavy (non-hydrogen) atoms. The van der Waals surface area contributed by atoms with E-state index in [4.69, 9.17) is 4.98 Å². The predicted octanol–water partition coefficient (Wildman–Crippen LogP) is 2.41. The molecule has 1 aromatic heterocycles. The van der Waals surface area contributed by atoms with E-state index in [0.29, 0.717) is 6.04 Å². The minimum atomic E-state index is 0.463. The van der Waals surface area contributed by atoms with Crippen LogP contribution in [0.3, 0.4) is 0 Å². The Morgan fingerprint density at radius 3 is 2.95 bits per heavy atom. The maximum absolute atomic E-state index is 9.53. The number of hydrogen-bond acceptors (Lipinski definition) is 4. The second-order valence-electron chi connectivity index (χ2n) is 6.07. The number of fused-ring (bicyclic) bond motifs is 1. The van der Waals surface area contributed by atoms with Crippen molar-refractivity contribution in [2.45, 2.75) is 51.5 Å². The smallest absolute Gasteiger partial charge is 0.147 e. The van der Waals surface area contributed by atoms with Crippen LogP contribution in [0.4, 0.5) is 5.82 Å². The van der Waals surface area contributed by atoms with Gasteiger partial charge in [-0.2, -0.15) is 5.26 Å². The van der Waals surface area contributed by atoms with Gasteiger partial charge >= 0.3 is 0 Å². The summed E-state index contributed by atoms with van der Waals surface area (Å²) in [6.45, 7) is 5.18. The zero-order chi connectivity index (χ0) is 14.7. The average molecular weight is 284 g/mol. The van der Waals surface area contributed by atoms with E-state index in [1.165, 1.54) is 36.9 Å². The van der Waals surface area contributed by atoms with Crippen molar-refractivity contribution < 1.29 is 0 Å². The van der Waals surface area contributed by atoms with Gasteiger partial charge in [-0.15, -0.1) is 0 Å². The number of nitrogens with zero attached hydrogens (tertiary/aromatic N) is 3. The largest absolute Gasteiger partial charge is 0.352 e. The summed E-state index contributed by atoms with van der Waals surface area (Å²) in [5, 5.41) is 13.0. The quantitative estimate of drug-likeness (QED) is 0.926. The molecule has 0 aromatic carbocycles. The van der Waals surface area contributed by atoms with Crippen LogP contribution in [0.15, 0.2) is 6.07 Å². The highest BCUT2D eigenvalue weighted by atomic mass is 15.2. The van der Waals surface area contributed by atoms with Gasteiger partial charge in [-0.25, -0.2) is 4.98 Å². The Balaban J connectivity index is 1.96. The Bertz CT molecular complexity index is 540. The molecule has 1 aromatic rings. The van der Waals surface area contributed by atoms with Gasteiger partial charge < -0.3 is 10.2 Å². The summed E-state index contributed by atoms with van der Waals surface area (Å²) in [5.74, 6) is 0.911. The molecule has 4 heteroatoms. The first-order chi connectivity index (χ1) is 10.3. The van der Waals surface area contributed by atoms with E-state index < -0.39 is 0 Å². The van der Waals surface area contributed by atoms with Crippen molar-refractivity contribution in [2.24, 2.45) is 0 Å². The lowest BCUT2D eigenvalue weighted by Gasteiger charge is -2.36. The summed E-state index contributed by atoms with van der Waals surface area (Å²) >= 11 is 0. The van der Waals surface area contributed by atoms with Gasteiger partial charge in [0.2, 0.25) is 0 Å². The number of rotatable bonds is 3. The van der Waals surface area contributed by atoms with Crippen molar-refractivity contribution in [2.75, 3.05) is 24.5 Å². The second-order valence-corrected chi connectivity index (χ2v) is 6.07. The Hall–Kier alpha value is -1.60. The van der Waals surface area contributed by atoms with Gasteiger partial charge in [0, 0.05) is 24.8 Å². The lowest BCUT2D eigenvalue weighted by molar-refractivity contribution is 0.432. The molecule has 1 fully saturated rings. The summed E-state index contributed by atoms with van der Waals surface area (Å²) in [4.78, 5) is 7.24. The first-order valence-corrected chi connectivity index (χ1v) is 8.23. The molecule has 3 rings (SSSR count). The first-order valence-electron chi connectivity index (χ1n) is 8.23. The third-order valence-corrected chi connectivity index (χ3v) is 4.73. The Kier molecular flexibility index (Phi) is 4.40. The van der Waals surface area contributed by atoms with Gasteiger partial charge in [-0.3, -0.25) is 0 Å². The van der Waals surface area contributed by atoms with Crippen LogP contribution < -0.4 is 10.2 Å². The van der Waals surface area contributed by atoms with Crippen molar-refractivity contribution in [3.8, 4) is 6.07 Å². The van der Waals surface area contributed by atoms with E-state index in [2.05, 4.69) is 29.3 Å². The Morgan fingerprint density at radius 2 is 2.24 bits per heavy atom. The maximum atomic E-state index is 9.53. The van der Waals surface area contributed by atoms with E-state index in [1.54, 1.807) is 0 Å². The van der Waals surface area contributed by atoms with Gasteiger partial charge in [0.05, 0.1) is 5.56 Å². The molecule has 0 saturated carbocycles. The van der Waals surface area contributed by atoms with Crippen LogP contribution in [-0.2, 0) is 12.8 Å². The average Bonchev–Trinajstić information content (AvgIpc) is 2.56. The van der Waals surface area contributed by atoms with Crippen molar-refractivity contribution in [1.29, 1.82) is 5.26 Å². The van der Waals surface area contributed by atoms with Gasteiger partial charge in [-0.05, 0) is 63.6 Å². The lowest BCUT2D eigenvalue weighted by atomic mass is 9.94. The maximum Gasteiger partial charge on any atom is 0.147 e. The van der Waals surface area contributed by atoms with Crippen LogP contribution in [0.5, 0.6) is 0 Å². The molecule has 1 atom stereocenters. The van der Waals surface area contributed by atoms with E-state index in [1.807, 2.05) is 0 Å². The second kappa shape index (κ2) is 6.44. The summed E-state index contributed by atoms with van der Waals surface area (Å²) in [7, 11) is 0. The SMILES string of the molecule is CCN(c1nc2c(cc1C#N)CCCC2)C1CCCNC1. The van der Waals surface area contributed by atoms with E-state index in [-0.39, 0.29) is 0 Å². The highest BCUT2D eigenvalue weighted by molar-refractivity contribution is 5.57. The molecule has 0 spiro atoms. The molecular weight excluding hydrogens is 260 g/mol. The minimum absolute atomic E-state index is 0.463. The van der Waals surface area contributed by atoms with Crippen LogP contribution >= 0.6 is 0 Å². The van der Waals surface area contributed by atoms with E-state index >= 15 is 0 Å². The molecule has 4 nitrogen and oxygen atoms in total.